The summed E-state index contributed by atoms with van der Waals surface area (Å²) in [5, 5.41) is 50.2. The highest BCUT2D eigenvalue weighted by Crippen LogP contribution is 2.34. The van der Waals surface area contributed by atoms with Gasteiger partial charge in [-0.05, 0) is 48.2 Å². The second-order valence-corrected chi connectivity index (χ2v) is 8.45. The Morgan fingerprint density at radius 2 is 1.73 bits per heavy atom. The van der Waals surface area contributed by atoms with Gasteiger partial charge < -0.3 is 39.7 Å². The van der Waals surface area contributed by atoms with Crippen molar-refractivity contribution in [1.29, 1.82) is 0 Å². The van der Waals surface area contributed by atoms with Gasteiger partial charge in [0, 0.05) is 11.6 Å². The molecule has 6 atom stereocenters. The van der Waals surface area contributed by atoms with Crippen LogP contribution in [0.4, 0.5) is 0 Å². The van der Waals surface area contributed by atoms with Crippen molar-refractivity contribution in [3.63, 3.8) is 0 Å². The van der Waals surface area contributed by atoms with E-state index in [9.17, 15) is 25.5 Å². The van der Waals surface area contributed by atoms with E-state index in [1.54, 1.807) is 30.3 Å². The van der Waals surface area contributed by atoms with Gasteiger partial charge in [-0.25, -0.2) is 0 Å². The number of hydrogen-bond acceptors (Lipinski definition) is 8. The SMILES string of the molecule is CCOC[C@H](O)COc1ccc(Cc2cc([C@@H]3O[C@H](CO)[C@@H](O)[C@H](O)[C@H]3O)ccc2Cl)cc1. The van der Waals surface area contributed by atoms with Crippen molar-refractivity contribution >= 4 is 11.6 Å². The van der Waals surface area contributed by atoms with Gasteiger partial charge in [-0.3, -0.25) is 0 Å². The lowest BCUT2D eigenvalue weighted by atomic mass is 9.90. The number of rotatable bonds is 10. The van der Waals surface area contributed by atoms with E-state index >= 15 is 0 Å². The molecule has 2 aromatic rings. The summed E-state index contributed by atoms with van der Waals surface area (Å²) in [6.45, 7) is 2.26. The molecule has 1 saturated heterocycles. The molecule has 8 nitrogen and oxygen atoms in total. The first-order chi connectivity index (χ1) is 15.8. The first-order valence-electron chi connectivity index (χ1n) is 10.9. The number of hydrogen-bond donors (Lipinski definition) is 5. The second-order valence-electron chi connectivity index (χ2n) is 8.05. The van der Waals surface area contributed by atoms with Gasteiger partial charge in [0.05, 0.1) is 13.2 Å². The van der Waals surface area contributed by atoms with Crippen LogP contribution in [-0.4, -0.2) is 82.5 Å². The molecule has 182 valence electrons. The Hall–Kier alpha value is -1.75. The molecule has 1 fully saturated rings. The number of benzene rings is 2. The van der Waals surface area contributed by atoms with Crippen molar-refractivity contribution in [1.82, 2.24) is 0 Å². The predicted octanol–water partition coefficient (Wildman–Crippen LogP) is 1.22. The zero-order valence-electron chi connectivity index (χ0n) is 18.4. The van der Waals surface area contributed by atoms with E-state index in [4.69, 9.17) is 25.8 Å². The third-order valence-electron chi connectivity index (χ3n) is 5.57. The van der Waals surface area contributed by atoms with E-state index < -0.39 is 43.2 Å². The molecule has 0 aliphatic carbocycles. The molecule has 0 aromatic heterocycles. The average Bonchev–Trinajstić information content (AvgIpc) is 2.82. The van der Waals surface area contributed by atoms with Crippen LogP contribution in [0.25, 0.3) is 0 Å². The average molecular weight is 483 g/mol. The summed E-state index contributed by atoms with van der Waals surface area (Å²) in [6, 6.07) is 12.5. The van der Waals surface area contributed by atoms with Crippen molar-refractivity contribution in [3.8, 4) is 5.75 Å². The fraction of sp³-hybridized carbons (Fsp3) is 0.500. The molecule has 33 heavy (non-hydrogen) atoms. The lowest BCUT2D eigenvalue weighted by molar-refractivity contribution is -0.231. The summed E-state index contributed by atoms with van der Waals surface area (Å²) in [5.41, 5.74) is 2.33. The first-order valence-corrected chi connectivity index (χ1v) is 11.3. The molecule has 0 unspecified atom stereocenters. The highest BCUT2D eigenvalue weighted by molar-refractivity contribution is 6.31. The molecule has 0 spiro atoms. The third kappa shape index (κ3) is 6.65. The van der Waals surface area contributed by atoms with Gasteiger partial charge in [-0.1, -0.05) is 35.9 Å². The van der Waals surface area contributed by atoms with Crippen LogP contribution < -0.4 is 4.74 Å². The molecule has 1 aliphatic rings. The highest BCUT2D eigenvalue weighted by atomic mass is 35.5. The molecular formula is C24H31ClO8. The lowest BCUT2D eigenvalue weighted by Gasteiger charge is -2.40. The van der Waals surface area contributed by atoms with Gasteiger partial charge in [0.25, 0.3) is 0 Å². The van der Waals surface area contributed by atoms with Crippen LogP contribution in [0.5, 0.6) is 5.75 Å². The standard InChI is InChI=1S/C24H31ClO8/c1-2-31-12-17(27)13-32-18-6-3-14(4-7-18)9-16-10-15(5-8-19(16)25)24-23(30)22(29)21(28)20(11-26)33-24/h3-8,10,17,20-24,26-30H,2,9,11-13H2,1H3/t17-,20+,21+,22-,23+,24-/m0/s1. The van der Waals surface area contributed by atoms with Crippen molar-refractivity contribution in [2.75, 3.05) is 26.4 Å². The molecule has 9 heteroatoms. The van der Waals surface area contributed by atoms with E-state index in [-0.39, 0.29) is 13.2 Å². The topological polar surface area (TPSA) is 129 Å². The van der Waals surface area contributed by atoms with E-state index in [2.05, 4.69) is 0 Å². The van der Waals surface area contributed by atoms with Crippen LogP contribution in [0, 0.1) is 0 Å². The predicted molar refractivity (Wildman–Crippen MR) is 121 cm³/mol. The zero-order chi connectivity index (χ0) is 24.0. The smallest absolute Gasteiger partial charge is 0.119 e. The molecule has 2 aromatic carbocycles. The monoisotopic (exact) mass is 482 g/mol. The first kappa shape index (κ1) is 25.9. The van der Waals surface area contributed by atoms with Gasteiger partial charge in [-0.15, -0.1) is 0 Å². The number of ether oxygens (including phenoxy) is 3. The summed E-state index contributed by atoms with van der Waals surface area (Å²) in [6.07, 6.45) is -6.31. The van der Waals surface area contributed by atoms with Gasteiger partial charge in [-0.2, -0.15) is 0 Å². The Bertz CT molecular complexity index is 875. The minimum Gasteiger partial charge on any atom is -0.491 e. The maximum absolute atomic E-state index is 10.4. The Morgan fingerprint density at radius 3 is 2.39 bits per heavy atom. The molecular weight excluding hydrogens is 452 g/mol. The van der Waals surface area contributed by atoms with E-state index in [1.165, 1.54) is 0 Å². The van der Waals surface area contributed by atoms with Crippen LogP contribution in [0.3, 0.4) is 0 Å². The van der Waals surface area contributed by atoms with Crippen molar-refractivity contribution < 1.29 is 39.7 Å². The summed E-state index contributed by atoms with van der Waals surface area (Å²) in [5.74, 6) is 0.621. The zero-order valence-corrected chi connectivity index (χ0v) is 19.1. The van der Waals surface area contributed by atoms with Crippen LogP contribution in [0.1, 0.15) is 29.7 Å². The molecule has 3 rings (SSSR count). The molecule has 0 radical (unpaired) electrons. The minimum atomic E-state index is -1.44. The van der Waals surface area contributed by atoms with Crippen molar-refractivity contribution in [2.45, 2.75) is 50.0 Å². The Labute approximate surface area is 197 Å². The minimum absolute atomic E-state index is 0.131. The van der Waals surface area contributed by atoms with Gasteiger partial charge in [0.1, 0.15) is 49.0 Å². The normalized spacial score (nSPS) is 26.2. The maximum Gasteiger partial charge on any atom is 0.119 e. The van der Waals surface area contributed by atoms with Crippen LogP contribution in [0.15, 0.2) is 42.5 Å². The molecule has 0 bridgehead atoms. The molecule has 0 saturated carbocycles. The number of halogens is 1. The van der Waals surface area contributed by atoms with E-state index in [1.807, 2.05) is 19.1 Å². The summed E-state index contributed by atoms with van der Waals surface area (Å²) in [4.78, 5) is 0. The number of aliphatic hydroxyl groups is 5. The van der Waals surface area contributed by atoms with Gasteiger partial charge in [0.15, 0.2) is 0 Å². The van der Waals surface area contributed by atoms with E-state index in [0.717, 1.165) is 11.1 Å². The van der Waals surface area contributed by atoms with Crippen molar-refractivity contribution in [2.24, 2.45) is 0 Å². The summed E-state index contributed by atoms with van der Waals surface area (Å²) in [7, 11) is 0. The van der Waals surface area contributed by atoms with Gasteiger partial charge >= 0.3 is 0 Å². The number of aliphatic hydroxyl groups excluding tert-OH is 5. The largest absolute Gasteiger partial charge is 0.491 e. The lowest BCUT2D eigenvalue weighted by Crippen LogP contribution is -2.55. The van der Waals surface area contributed by atoms with Crippen LogP contribution in [-0.2, 0) is 15.9 Å². The summed E-state index contributed by atoms with van der Waals surface area (Å²) < 4.78 is 16.4. The molecule has 1 heterocycles. The molecule has 1 aliphatic heterocycles. The molecule has 5 N–H and O–H groups in total. The second kappa shape index (κ2) is 12.1. The van der Waals surface area contributed by atoms with E-state index in [0.29, 0.717) is 29.4 Å². The summed E-state index contributed by atoms with van der Waals surface area (Å²) >= 11 is 6.39. The fourth-order valence-corrected chi connectivity index (χ4v) is 3.89. The van der Waals surface area contributed by atoms with Crippen LogP contribution >= 0.6 is 11.6 Å². The van der Waals surface area contributed by atoms with Crippen molar-refractivity contribution in [3.05, 3.63) is 64.2 Å². The van der Waals surface area contributed by atoms with Crippen LogP contribution in [0.2, 0.25) is 5.02 Å². The highest BCUT2D eigenvalue weighted by Gasteiger charge is 2.44. The van der Waals surface area contributed by atoms with Gasteiger partial charge in [0.2, 0.25) is 0 Å². The Balaban J connectivity index is 1.68. The molecule has 0 amide bonds. The Morgan fingerprint density at radius 1 is 1.00 bits per heavy atom. The Kier molecular flexibility index (Phi) is 9.48. The quantitative estimate of drug-likeness (QED) is 0.342. The third-order valence-corrected chi connectivity index (χ3v) is 5.93. The maximum atomic E-state index is 10.4. The fourth-order valence-electron chi connectivity index (χ4n) is 3.70.